The van der Waals surface area contributed by atoms with Gasteiger partial charge in [0.05, 0.1) is 5.56 Å². The molecule has 1 aliphatic heterocycles. The second kappa shape index (κ2) is 6.91. The molecular formula is C19H23N3O2. The molecular weight excluding hydrogens is 302 g/mol. The normalized spacial score (nSPS) is 15.3. The molecule has 0 unspecified atom stereocenters. The number of anilines is 1. The van der Waals surface area contributed by atoms with Crippen LogP contribution in [0, 0.1) is 0 Å². The Morgan fingerprint density at radius 1 is 1.12 bits per heavy atom. The SMILES string of the molecule is CN(C)c1ccc(C(=O)N2CCC(c3ccc(O)cc3)CC2)cn1. The van der Waals surface area contributed by atoms with Crippen LogP contribution in [-0.4, -0.2) is 48.1 Å². The van der Waals surface area contributed by atoms with Crippen LogP contribution in [0.25, 0.3) is 0 Å². The molecule has 1 fully saturated rings. The number of nitrogens with zero attached hydrogens (tertiary/aromatic N) is 3. The lowest BCUT2D eigenvalue weighted by molar-refractivity contribution is 0.0712. The van der Waals surface area contributed by atoms with E-state index < -0.39 is 0 Å². The first-order valence-electron chi connectivity index (χ1n) is 8.26. The Bertz CT molecular complexity index is 688. The minimum atomic E-state index is 0.0527. The van der Waals surface area contributed by atoms with Crippen molar-refractivity contribution in [3.63, 3.8) is 0 Å². The van der Waals surface area contributed by atoms with Gasteiger partial charge in [0.25, 0.3) is 5.91 Å². The Morgan fingerprint density at radius 3 is 2.33 bits per heavy atom. The van der Waals surface area contributed by atoms with Crippen molar-refractivity contribution < 1.29 is 9.90 Å². The van der Waals surface area contributed by atoms with E-state index in [0.29, 0.717) is 17.2 Å². The number of rotatable bonds is 3. The topological polar surface area (TPSA) is 56.7 Å². The van der Waals surface area contributed by atoms with Crippen LogP contribution in [-0.2, 0) is 0 Å². The van der Waals surface area contributed by atoms with Crippen LogP contribution < -0.4 is 4.90 Å². The summed E-state index contributed by atoms with van der Waals surface area (Å²) in [4.78, 5) is 20.7. The first kappa shape index (κ1) is 16.3. The minimum absolute atomic E-state index is 0.0527. The molecule has 1 aromatic heterocycles. The van der Waals surface area contributed by atoms with E-state index in [1.165, 1.54) is 5.56 Å². The fourth-order valence-electron chi connectivity index (χ4n) is 3.12. The molecule has 3 rings (SSSR count). The number of benzene rings is 1. The van der Waals surface area contributed by atoms with Gasteiger partial charge in [-0.1, -0.05) is 12.1 Å². The number of piperidine rings is 1. The summed E-state index contributed by atoms with van der Waals surface area (Å²) in [5, 5.41) is 9.39. The summed E-state index contributed by atoms with van der Waals surface area (Å²) in [5.41, 5.74) is 1.88. The van der Waals surface area contributed by atoms with Crippen LogP contribution >= 0.6 is 0 Å². The maximum atomic E-state index is 12.6. The van der Waals surface area contributed by atoms with Gasteiger partial charge >= 0.3 is 0 Å². The molecule has 1 saturated heterocycles. The van der Waals surface area contributed by atoms with Gasteiger partial charge in [-0.25, -0.2) is 4.98 Å². The molecule has 0 bridgehead atoms. The zero-order chi connectivity index (χ0) is 17.1. The molecule has 1 N–H and O–H groups in total. The minimum Gasteiger partial charge on any atom is -0.508 e. The molecule has 0 radical (unpaired) electrons. The van der Waals surface area contributed by atoms with E-state index in [4.69, 9.17) is 0 Å². The number of carbonyl (C=O) groups is 1. The fourth-order valence-corrected chi connectivity index (χ4v) is 3.12. The summed E-state index contributed by atoms with van der Waals surface area (Å²) in [6.45, 7) is 1.50. The average Bonchev–Trinajstić information content (AvgIpc) is 2.62. The number of hydrogen-bond acceptors (Lipinski definition) is 4. The van der Waals surface area contributed by atoms with Gasteiger partial charge in [0.1, 0.15) is 11.6 Å². The summed E-state index contributed by atoms with van der Waals surface area (Å²) < 4.78 is 0. The van der Waals surface area contributed by atoms with Gasteiger partial charge in [-0.15, -0.1) is 0 Å². The highest BCUT2D eigenvalue weighted by molar-refractivity contribution is 5.94. The lowest BCUT2D eigenvalue weighted by Gasteiger charge is -2.32. The predicted octanol–water partition coefficient (Wildman–Crippen LogP) is 2.87. The first-order valence-corrected chi connectivity index (χ1v) is 8.26. The van der Waals surface area contributed by atoms with Gasteiger partial charge in [-0.3, -0.25) is 4.79 Å². The van der Waals surface area contributed by atoms with Crippen LogP contribution in [0.15, 0.2) is 42.6 Å². The van der Waals surface area contributed by atoms with E-state index in [9.17, 15) is 9.90 Å². The highest BCUT2D eigenvalue weighted by Gasteiger charge is 2.24. The summed E-state index contributed by atoms with van der Waals surface area (Å²) in [6.07, 6.45) is 3.54. The van der Waals surface area contributed by atoms with E-state index in [1.807, 2.05) is 48.2 Å². The monoisotopic (exact) mass is 325 g/mol. The van der Waals surface area contributed by atoms with Crippen molar-refractivity contribution in [1.82, 2.24) is 9.88 Å². The molecule has 0 atom stereocenters. The number of carbonyl (C=O) groups excluding carboxylic acids is 1. The lowest BCUT2D eigenvalue weighted by atomic mass is 9.89. The van der Waals surface area contributed by atoms with Gasteiger partial charge in [0, 0.05) is 33.4 Å². The average molecular weight is 325 g/mol. The number of phenols is 1. The molecule has 126 valence electrons. The summed E-state index contributed by atoms with van der Waals surface area (Å²) in [6, 6.07) is 11.1. The largest absolute Gasteiger partial charge is 0.508 e. The van der Waals surface area contributed by atoms with E-state index in [1.54, 1.807) is 18.3 Å². The number of likely N-dealkylation sites (tertiary alicyclic amines) is 1. The summed E-state index contributed by atoms with van der Waals surface area (Å²) in [5.74, 6) is 1.64. The highest BCUT2D eigenvalue weighted by Crippen LogP contribution is 2.29. The molecule has 1 aliphatic rings. The second-order valence-electron chi connectivity index (χ2n) is 6.46. The number of aromatic nitrogens is 1. The van der Waals surface area contributed by atoms with E-state index in [-0.39, 0.29) is 5.91 Å². The van der Waals surface area contributed by atoms with E-state index in [2.05, 4.69) is 4.98 Å². The van der Waals surface area contributed by atoms with Crippen LogP contribution in [0.5, 0.6) is 5.75 Å². The van der Waals surface area contributed by atoms with Crippen LogP contribution in [0.4, 0.5) is 5.82 Å². The maximum absolute atomic E-state index is 12.6. The zero-order valence-electron chi connectivity index (χ0n) is 14.1. The van der Waals surface area contributed by atoms with Crippen LogP contribution in [0.3, 0.4) is 0 Å². The van der Waals surface area contributed by atoms with Gasteiger partial charge < -0.3 is 14.9 Å². The van der Waals surface area contributed by atoms with Crippen LogP contribution in [0.2, 0.25) is 0 Å². The Hall–Kier alpha value is -2.56. The second-order valence-corrected chi connectivity index (χ2v) is 6.46. The Balaban J connectivity index is 1.61. The molecule has 0 aliphatic carbocycles. The number of phenolic OH excluding ortho intramolecular Hbond substituents is 1. The summed E-state index contributed by atoms with van der Waals surface area (Å²) in [7, 11) is 3.86. The van der Waals surface area contributed by atoms with Crippen molar-refractivity contribution in [3.8, 4) is 5.75 Å². The molecule has 5 nitrogen and oxygen atoms in total. The summed E-state index contributed by atoms with van der Waals surface area (Å²) >= 11 is 0. The van der Waals surface area contributed by atoms with Crippen molar-refractivity contribution >= 4 is 11.7 Å². The number of pyridine rings is 1. The van der Waals surface area contributed by atoms with Crippen molar-refractivity contribution in [3.05, 3.63) is 53.7 Å². The highest BCUT2D eigenvalue weighted by atomic mass is 16.3. The van der Waals surface area contributed by atoms with Gasteiger partial charge in [0.2, 0.25) is 0 Å². The smallest absolute Gasteiger partial charge is 0.255 e. The van der Waals surface area contributed by atoms with Gasteiger partial charge in [-0.05, 0) is 48.6 Å². The molecule has 0 spiro atoms. The number of hydrogen-bond donors (Lipinski definition) is 1. The molecule has 5 heteroatoms. The van der Waals surface area contributed by atoms with Gasteiger partial charge in [-0.2, -0.15) is 0 Å². The molecule has 1 aromatic carbocycles. The predicted molar refractivity (Wildman–Crippen MR) is 94.5 cm³/mol. The van der Waals surface area contributed by atoms with Crippen molar-refractivity contribution in [1.29, 1.82) is 0 Å². The van der Waals surface area contributed by atoms with E-state index >= 15 is 0 Å². The standard InChI is InChI=1S/C19H23N3O2/c1-21(2)18-8-5-16(13-20-18)19(24)22-11-9-15(10-12-22)14-3-6-17(23)7-4-14/h3-8,13,15,23H,9-12H2,1-2H3. The van der Waals surface area contributed by atoms with Gasteiger partial charge in [0.15, 0.2) is 0 Å². The number of aromatic hydroxyl groups is 1. The third-order valence-electron chi connectivity index (χ3n) is 4.60. The Kier molecular flexibility index (Phi) is 4.69. The first-order chi connectivity index (χ1) is 11.5. The fraction of sp³-hybridized carbons (Fsp3) is 0.368. The van der Waals surface area contributed by atoms with Crippen molar-refractivity contribution in [2.45, 2.75) is 18.8 Å². The lowest BCUT2D eigenvalue weighted by Crippen LogP contribution is -2.38. The molecule has 2 heterocycles. The molecule has 2 aromatic rings. The maximum Gasteiger partial charge on any atom is 0.255 e. The van der Waals surface area contributed by atoms with E-state index in [0.717, 1.165) is 31.7 Å². The van der Waals surface area contributed by atoms with Crippen molar-refractivity contribution in [2.75, 3.05) is 32.1 Å². The zero-order valence-corrected chi connectivity index (χ0v) is 14.1. The molecule has 24 heavy (non-hydrogen) atoms. The molecule has 0 saturated carbocycles. The van der Waals surface area contributed by atoms with Crippen molar-refractivity contribution in [2.24, 2.45) is 0 Å². The third kappa shape index (κ3) is 3.50. The third-order valence-corrected chi connectivity index (χ3v) is 4.60. The molecule has 1 amide bonds. The van der Waals surface area contributed by atoms with Crippen LogP contribution in [0.1, 0.15) is 34.7 Å². The quantitative estimate of drug-likeness (QED) is 0.943. The Labute approximate surface area is 142 Å². The Morgan fingerprint density at radius 2 is 1.79 bits per heavy atom. The number of amides is 1.